The fourth-order valence-electron chi connectivity index (χ4n) is 2.85. The Kier molecular flexibility index (Phi) is 6.62. The first kappa shape index (κ1) is 16.7. The maximum Gasteiger partial charge on any atom is 0.272 e. The van der Waals surface area contributed by atoms with Crippen molar-refractivity contribution in [1.82, 2.24) is 14.9 Å². The molecule has 1 heterocycles. The first-order valence-corrected chi connectivity index (χ1v) is 8.55. The summed E-state index contributed by atoms with van der Waals surface area (Å²) in [4.78, 5) is 22.8. The lowest BCUT2D eigenvalue weighted by Crippen LogP contribution is -2.29. The van der Waals surface area contributed by atoms with Gasteiger partial charge >= 0.3 is 0 Å². The highest BCUT2D eigenvalue weighted by Crippen LogP contribution is 2.19. The van der Waals surface area contributed by atoms with Gasteiger partial charge in [-0.05, 0) is 25.3 Å². The molecule has 1 aromatic heterocycles. The normalized spacial score (nSPS) is 16.1. The van der Waals surface area contributed by atoms with Crippen LogP contribution in [0.25, 0.3) is 0 Å². The van der Waals surface area contributed by atoms with Crippen molar-refractivity contribution >= 4 is 11.9 Å². The Hall–Kier alpha value is -1.65. The van der Waals surface area contributed by atoms with Gasteiger partial charge in [0.05, 0.1) is 0 Å². The monoisotopic (exact) mass is 304 g/mol. The van der Waals surface area contributed by atoms with E-state index < -0.39 is 0 Å². The SMILES string of the molecule is CCCCN(C)C(=O)c1ccnc(NC2CCCCCC2)n1. The van der Waals surface area contributed by atoms with Crippen molar-refractivity contribution in [3.8, 4) is 0 Å². The van der Waals surface area contributed by atoms with Gasteiger partial charge < -0.3 is 10.2 Å². The van der Waals surface area contributed by atoms with Crippen LogP contribution in [0, 0.1) is 0 Å². The van der Waals surface area contributed by atoms with Crippen LogP contribution < -0.4 is 5.32 Å². The van der Waals surface area contributed by atoms with Gasteiger partial charge in [0.2, 0.25) is 5.95 Å². The molecule has 1 fully saturated rings. The molecule has 0 bridgehead atoms. The zero-order valence-corrected chi connectivity index (χ0v) is 13.8. The number of nitrogens with one attached hydrogen (secondary N) is 1. The minimum atomic E-state index is -0.0280. The Morgan fingerprint density at radius 1 is 1.32 bits per heavy atom. The Balaban J connectivity index is 1.98. The average Bonchev–Trinajstić information content (AvgIpc) is 2.80. The number of unbranched alkanes of at least 4 members (excludes halogenated alkanes) is 1. The van der Waals surface area contributed by atoms with E-state index >= 15 is 0 Å². The van der Waals surface area contributed by atoms with E-state index in [9.17, 15) is 4.79 Å². The molecular formula is C17H28N4O. The summed E-state index contributed by atoms with van der Waals surface area (Å²) in [5.74, 6) is 0.557. The van der Waals surface area contributed by atoms with Crippen molar-refractivity contribution in [2.75, 3.05) is 18.9 Å². The van der Waals surface area contributed by atoms with E-state index in [1.54, 1.807) is 17.2 Å². The summed E-state index contributed by atoms with van der Waals surface area (Å²) in [6.45, 7) is 2.89. The van der Waals surface area contributed by atoms with Gasteiger partial charge in [-0.1, -0.05) is 39.0 Å². The number of hydrogen-bond acceptors (Lipinski definition) is 4. The van der Waals surface area contributed by atoms with Gasteiger partial charge in [0, 0.05) is 25.8 Å². The molecule has 0 saturated heterocycles. The zero-order valence-electron chi connectivity index (χ0n) is 13.8. The standard InChI is InChI=1S/C17H28N4O/c1-3-4-13-21(2)16(22)15-11-12-18-17(20-15)19-14-9-7-5-6-8-10-14/h11-12,14H,3-10,13H2,1-2H3,(H,18,19,20). The Bertz CT molecular complexity index is 469. The van der Waals surface area contributed by atoms with Gasteiger partial charge in [-0.25, -0.2) is 9.97 Å². The van der Waals surface area contributed by atoms with Crippen LogP contribution in [0.15, 0.2) is 12.3 Å². The van der Waals surface area contributed by atoms with E-state index in [1.807, 2.05) is 7.05 Å². The lowest BCUT2D eigenvalue weighted by atomic mass is 10.1. The van der Waals surface area contributed by atoms with Crippen molar-refractivity contribution in [3.63, 3.8) is 0 Å². The maximum atomic E-state index is 12.4. The summed E-state index contributed by atoms with van der Waals surface area (Å²) in [6.07, 6.45) is 11.3. The van der Waals surface area contributed by atoms with E-state index in [1.165, 1.54) is 25.7 Å². The molecule has 0 aromatic carbocycles. The second-order valence-electron chi connectivity index (χ2n) is 6.18. The molecule has 0 atom stereocenters. The largest absolute Gasteiger partial charge is 0.351 e. The zero-order chi connectivity index (χ0) is 15.8. The topological polar surface area (TPSA) is 58.1 Å². The number of carbonyl (C=O) groups excluding carboxylic acids is 1. The fraction of sp³-hybridized carbons (Fsp3) is 0.706. The average molecular weight is 304 g/mol. The molecule has 1 aromatic rings. The van der Waals surface area contributed by atoms with E-state index in [2.05, 4.69) is 22.2 Å². The van der Waals surface area contributed by atoms with Crippen molar-refractivity contribution in [2.24, 2.45) is 0 Å². The van der Waals surface area contributed by atoms with Crippen LogP contribution in [0.5, 0.6) is 0 Å². The Morgan fingerprint density at radius 3 is 2.73 bits per heavy atom. The van der Waals surface area contributed by atoms with E-state index in [0.717, 1.165) is 32.2 Å². The molecule has 0 spiro atoms. The van der Waals surface area contributed by atoms with E-state index in [4.69, 9.17) is 0 Å². The quantitative estimate of drug-likeness (QED) is 0.817. The number of amides is 1. The van der Waals surface area contributed by atoms with Crippen molar-refractivity contribution in [1.29, 1.82) is 0 Å². The number of rotatable bonds is 6. The summed E-state index contributed by atoms with van der Waals surface area (Å²) >= 11 is 0. The summed E-state index contributed by atoms with van der Waals surface area (Å²) in [5.41, 5.74) is 0.477. The number of carbonyl (C=O) groups is 1. The lowest BCUT2D eigenvalue weighted by molar-refractivity contribution is 0.0787. The maximum absolute atomic E-state index is 12.4. The van der Waals surface area contributed by atoms with Gasteiger partial charge in [-0.2, -0.15) is 0 Å². The van der Waals surface area contributed by atoms with Crippen LogP contribution in [-0.2, 0) is 0 Å². The second kappa shape index (κ2) is 8.71. The number of aromatic nitrogens is 2. The third-order valence-electron chi connectivity index (χ3n) is 4.26. The van der Waals surface area contributed by atoms with Crippen LogP contribution in [0.2, 0.25) is 0 Å². The first-order chi connectivity index (χ1) is 10.7. The highest BCUT2D eigenvalue weighted by Gasteiger charge is 2.16. The summed E-state index contributed by atoms with van der Waals surface area (Å²) < 4.78 is 0. The molecule has 22 heavy (non-hydrogen) atoms. The molecule has 2 rings (SSSR count). The predicted molar refractivity (Wildman–Crippen MR) is 89.0 cm³/mol. The minimum Gasteiger partial charge on any atom is -0.351 e. The van der Waals surface area contributed by atoms with Gasteiger partial charge in [0.1, 0.15) is 5.69 Å². The number of anilines is 1. The molecular weight excluding hydrogens is 276 g/mol. The van der Waals surface area contributed by atoms with Gasteiger partial charge in [0.25, 0.3) is 5.91 Å². The van der Waals surface area contributed by atoms with Gasteiger partial charge in [-0.3, -0.25) is 4.79 Å². The molecule has 0 aliphatic heterocycles. The van der Waals surface area contributed by atoms with Crippen LogP contribution in [0.4, 0.5) is 5.95 Å². The van der Waals surface area contributed by atoms with E-state index in [0.29, 0.717) is 17.7 Å². The highest BCUT2D eigenvalue weighted by molar-refractivity contribution is 5.92. The molecule has 1 aliphatic rings. The fourth-order valence-corrected chi connectivity index (χ4v) is 2.85. The molecule has 1 amide bonds. The van der Waals surface area contributed by atoms with Crippen molar-refractivity contribution in [3.05, 3.63) is 18.0 Å². The second-order valence-corrected chi connectivity index (χ2v) is 6.18. The summed E-state index contributed by atoms with van der Waals surface area (Å²) in [6, 6.07) is 2.13. The van der Waals surface area contributed by atoms with Crippen LogP contribution in [-0.4, -0.2) is 40.4 Å². The number of nitrogens with zero attached hydrogens (tertiary/aromatic N) is 3. The summed E-state index contributed by atoms with van der Waals surface area (Å²) in [7, 11) is 1.83. The Morgan fingerprint density at radius 2 is 2.05 bits per heavy atom. The minimum absolute atomic E-state index is 0.0280. The third-order valence-corrected chi connectivity index (χ3v) is 4.26. The molecule has 1 aliphatic carbocycles. The van der Waals surface area contributed by atoms with E-state index in [-0.39, 0.29) is 5.91 Å². The van der Waals surface area contributed by atoms with Gasteiger partial charge in [-0.15, -0.1) is 0 Å². The molecule has 5 heteroatoms. The third kappa shape index (κ3) is 4.97. The predicted octanol–water partition coefficient (Wildman–Crippen LogP) is 3.48. The van der Waals surface area contributed by atoms with Crippen molar-refractivity contribution < 1.29 is 4.79 Å². The van der Waals surface area contributed by atoms with Crippen LogP contribution in [0.3, 0.4) is 0 Å². The molecule has 122 valence electrons. The number of hydrogen-bond donors (Lipinski definition) is 1. The summed E-state index contributed by atoms with van der Waals surface area (Å²) in [5, 5.41) is 3.41. The molecule has 0 radical (unpaired) electrons. The highest BCUT2D eigenvalue weighted by atomic mass is 16.2. The molecule has 1 saturated carbocycles. The molecule has 1 N–H and O–H groups in total. The lowest BCUT2D eigenvalue weighted by Gasteiger charge is -2.18. The first-order valence-electron chi connectivity index (χ1n) is 8.55. The van der Waals surface area contributed by atoms with Gasteiger partial charge in [0.15, 0.2) is 0 Å². The molecule has 5 nitrogen and oxygen atoms in total. The molecule has 0 unspecified atom stereocenters. The van der Waals surface area contributed by atoms with Crippen LogP contribution in [0.1, 0.15) is 68.8 Å². The smallest absolute Gasteiger partial charge is 0.272 e. The Labute approximate surface area is 133 Å². The van der Waals surface area contributed by atoms with Crippen molar-refractivity contribution in [2.45, 2.75) is 64.3 Å². The van der Waals surface area contributed by atoms with Crippen LogP contribution >= 0.6 is 0 Å².